The van der Waals surface area contributed by atoms with E-state index >= 15 is 4.39 Å². The Morgan fingerprint density at radius 3 is 2.08 bits per heavy atom. The summed E-state index contributed by atoms with van der Waals surface area (Å²) in [5, 5.41) is 0. The fraction of sp³-hybridized carbons (Fsp3) is 0.375. The molecule has 0 spiro atoms. The number of ether oxygens (including phenoxy) is 2. The van der Waals surface area contributed by atoms with Crippen molar-refractivity contribution in [3.8, 4) is 22.3 Å². The van der Waals surface area contributed by atoms with Gasteiger partial charge in [0.15, 0.2) is 17.9 Å². The number of hydrogen-bond acceptors (Lipinski definition) is 2. The maximum atomic E-state index is 15.0. The van der Waals surface area contributed by atoms with Crippen molar-refractivity contribution in [2.75, 3.05) is 13.2 Å². The second kappa shape index (κ2) is 13.1. The van der Waals surface area contributed by atoms with Gasteiger partial charge in [0.05, 0.1) is 13.2 Å². The van der Waals surface area contributed by atoms with Crippen LogP contribution in [0.3, 0.4) is 0 Å². The molecule has 196 valence electrons. The molecule has 1 aliphatic rings. The summed E-state index contributed by atoms with van der Waals surface area (Å²) < 4.78 is 56.0. The first-order valence-electron chi connectivity index (χ1n) is 13.2. The Morgan fingerprint density at radius 2 is 1.43 bits per heavy atom. The van der Waals surface area contributed by atoms with Crippen molar-refractivity contribution in [2.45, 2.75) is 64.6 Å². The minimum Gasteiger partial charge on any atom is -0.348 e. The molecule has 1 fully saturated rings. The molecule has 0 atom stereocenters. The Morgan fingerprint density at radius 1 is 0.784 bits per heavy atom. The molecule has 1 saturated heterocycles. The second-order valence-corrected chi connectivity index (χ2v) is 9.64. The Hall–Kier alpha value is -2.89. The number of halogens is 3. The van der Waals surface area contributed by atoms with Crippen molar-refractivity contribution in [3.63, 3.8) is 0 Å². The minimum absolute atomic E-state index is 0.0374. The van der Waals surface area contributed by atoms with Crippen LogP contribution in [0.4, 0.5) is 13.2 Å². The highest BCUT2D eigenvalue weighted by Gasteiger charge is 2.23. The van der Waals surface area contributed by atoms with Gasteiger partial charge in [0.1, 0.15) is 5.82 Å². The average Bonchev–Trinajstić information content (AvgIpc) is 2.92. The Kier molecular flexibility index (Phi) is 9.59. The van der Waals surface area contributed by atoms with Gasteiger partial charge in [0.25, 0.3) is 0 Å². The third-order valence-electron chi connectivity index (χ3n) is 6.96. The van der Waals surface area contributed by atoms with E-state index in [9.17, 15) is 8.78 Å². The molecule has 37 heavy (non-hydrogen) atoms. The zero-order valence-corrected chi connectivity index (χ0v) is 21.6. The topological polar surface area (TPSA) is 18.5 Å². The maximum absolute atomic E-state index is 15.0. The van der Waals surface area contributed by atoms with Crippen LogP contribution in [0, 0.1) is 17.5 Å². The van der Waals surface area contributed by atoms with E-state index in [-0.39, 0.29) is 23.6 Å². The minimum atomic E-state index is -0.831. The summed E-state index contributed by atoms with van der Waals surface area (Å²) in [6.45, 7) is 4.97. The molecule has 0 radical (unpaired) electrons. The van der Waals surface area contributed by atoms with Gasteiger partial charge in [0, 0.05) is 17.0 Å². The lowest BCUT2D eigenvalue weighted by Crippen LogP contribution is -2.29. The molecular formula is C32H35F3O2. The van der Waals surface area contributed by atoms with E-state index in [2.05, 4.69) is 6.92 Å². The quantitative estimate of drug-likeness (QED) is 0.201. The number of aryl methyl sites for hydroxylation is 1. The van der Waals surface area contributed by atoms with Gasteiger partial charge in [-0.15, -0.1) is 0 Å². The van der Waals surface area contributed by atoms with Crippen molar-refractivity contribution >= 4 is 0 Å². The Bertz CT molecular complexity index is 1200. The molecule has 0 N–H and O–H groups in total. The third-order valence-corrected chi connectivity index (χ3v) is 6.96. The number of allylic oxidation sites excluding steroid dienone is 1. The zero-order valence-electron chi connectivity index (χ0n) is 21.6. The molecule has 0 saturated carbocycles. The zero-order chi connectivity index (χ0) is 26.2. The van der Waals surface area contributed by atoms with Crippen LogP contribution in [0.5, 0.6) is 0 Å². The van der Waals surface area contributed by atoms with Gasteiger partial charge >= 0.3 is 0 Å². The summed E-state index contributed by atoms with van der Waals surface area (Å²) in [5.74, 6) is -1.99. The molecule has 0 aliphatic carbocycles. The van der Waals surface area contributed by atoms with E-state index in [4.69, 9.17) is 9.47 Å². The molecule has 1 aliphatic heterocycles. The highest BCUT2D eigenvalue weighted by molar-refractivity contribution is 5.71. The van der Waals surface area contributed by atoms with Crippen LogP contribution >= 0.6 is 0 Å². The summed E-state index contributed by atoms with van der Waals surface area (Å²) >= 11 is 0. The molecule has 0 unspecified atom stereocenters. The molecule has 0 bridgehead atoms. The highest BCUT2D eigenvalue weighted by atomic mass is 19.2. The molecule has 5 heteroatoms. The largest absolute Gasteiger partial charge is 0.348 e. The predicted octanol–water partition coefficient (Wildman–Crippen LogP) is 8.98. The van der Waals surface area contributed by atoms with E-state index in [0.29, 0.717) is 41.9 Å². The van der Waals surface area contributed by atoms with Crippen LogP contribution in [0.1, 0.15) is 63.0 Å². The van der Waals surface area contributed by atoms with Crippen molar-refractivity contribution in [1.82, 2.24) is 0 Å². The molecule has 0 aromatic heterocycles. The van der Waals surface area contributed by atoms with Crippen molar-refractivity contribution < 1.29 is 22.6 Å². The van der Waals surface area contributed by atoms with Crippen LogP contribution in [-0.2, 0) is 15.9 Å². The Labute approximate surface area is 218 Å². The standard InChI is InChI=1S/C32H35F3O2/c1-3-5-6-7-8-10-24-15-18-28(32(35)31(24)34)23-13-11-22(12-14-23)27-17-16-25(19-29(27)33)26-20-36-30(9-4-2)37-21-26/h4,9,11-19,26,30H,3,5-8,10,20-21H2,1-2H3. The van der Waals surface area contributed by atoms with Gasteiger partial charge in [-0.1, -0.05) is 87.2 Å². The van der Waals surface area contributed by atoms with Gasteiger partial charge in [-0.3, -0.25) is 0 Å². The fourth-order valence-corrected chi connectivity index (χ4v) is 4.75. The van der Waals surface area contributed by atoms with Crippen LogP contribution in [0.25, 0.3) is 22.3 Å². The lowest BCUT2D eigenvalue weighted by atomic mass is 9.94. The number of hydrogen-bond donors (Lipinski definition) is 0. The van der Waals surface area contributed by atoms with E-state index in [1.165, 1.54) is 12.5 Å². The molecule has 3 aromatic rings. The van der Waals surface area contributed by atoms with Crippen molar-refractivity contribution in [3.05, 3.63) is 95.3 Å². The summed E-state index contributed by atoms with van der Waals surface area (Å²) in [5.41, 5.74) is 3.12. The van der Waals surface area contributed by atoms with Gasteiger partial charge in [-0.05, 0) is 54.2 Å². The van der Waals surface area contributed by atoms with Gasteiger partial charge in [0.2, 0.25) is 0 Å². The number of benzene rings is 3. The Balaban J connectivity index is 1.44. The van der Waals surface area contributed by atoms with Gasteiger partial charge in [-0.25, -0.2) is 13.2 Å². The summed E-state index contributed by atoms with van der Waals surface area (Å²) in [7, 11) is 0. The summed E-state index contributed by atoms with van der Waals surface area (Å²) in [6.07, 6.45) is 9.22. The highest BCUT2D eigenvalue weighted by Crippen LogP contribution is 2.32. The molecule has 3 aromatic carbocycles. The fourth-order valence-electron chi connectivity index (χ4n) is 4.75. The number of rotatable bonds is 10. The summed E-state index contributed by atoms with van der Waals surface area (Å²) in [4.78, 5) is 0. The van der Waals surface area contributed by atoms with Gasteiger partial charge in [-0.2, -0.15) is 0 Å². The third kappa shape index (κ3) is 6.71. The first kappa shape index (κ1) is 27.2. The molecule has 1 heterocycles. The predicted molar refractivity (Wildman–Crippen MR) is 143 cm³/mol. The van der Waals surface area contributed by atoms with E-state index < -0.39 is 11.6 Å². The second-order valence-electron chi connectivity index (χ2n) is 9.64. The molecule has 2 nitrogen and oxygen atoms in total. The molecule has 0 amide bonds. The molecule has 4 rings (SSSR count). The van der Waals surface area contributed by atoms with Crippen molar-refractivity contribution in [1.29, 1.82) is 0 Å². The summed E-state index contributed by atoms with van der Waals surface area (Å²) in [6, 6.07) is 15.3. The van der Waals surface area contributed by atoms with Gasteiger partial charge < -0.3 is 9.47 Å². The average molecular weight is 509 g/mol. The first-order chi connectivity index (χ1) is 18.0. The lowest BCUT2D eigenvalue weighted by Gasteiger charge is -2.28. The van der Waals surface area contributed by atoms with E-state index in [1.54, 1.807) is 42.5 Å². The van der Waals surface area contributed by atoms with Crippen LogP contribution in [-0.4, -0.2) is 19.5 Å². The lowest BCUT2D eigenvalue weighted by molar-refractivity contribution is -0.159. The first-order valence-corrected chi connectivity index (χ1v) is 13.2. The monoisotopic (exact) mass is 508 g/mol. The molecular weight excluding hydrogens is 473 g/mol. The SMILES string of the molecule is CC=CC1OCC(c2ccc(-c3ccc(-c4ccc(CCCCCCC)c(F)c4F)cc3)c(F)c2)CO1. The van der Waals surface area contributed by atoms with E-state index in [0.717, 1.165) is 31.2 Å². The van der Waals surface area contributed by atoms with Crippen LogP contribution in [0.15, 0.2) is 66.7 Å². The number of unbranched alkanes of at least 4 members (excludes halogenated alkanes) is 4. The van der Waals surface area contributed by atoms with E-state index in [1.807, 2.05) is 25.1 Å². The van der Waals surface area contributed by atoms with Crippen LogP contribution in [0.2, 0.25) is 0 Å². The van der Waals surface area contributed by atoms with Crippen molar-refractivity contribution in [2.24, 2.45) is 0 Å². The smallest absolute Gasteiger partial charge is 0.176 e. The van der Waals surface area contributed by atoms with Crippen LogP contribution < -0.4 is 0 Å². The normalized spacial score (nSPS) is 18.0. The maximum Gasteiger partial charge on any atom is 0.176 e.